The van der Waals surface area contributed by atoms with Crippen molar-refractivity contribution in [3.63, 3.8) is 0 Å². The molecule has 1 saturated heterocycles. The van der Waals surface area contributed by atoms with Crippen LogP contribution in [0.3, 0.4) is 0 Å². The minimum Gasteiger partial charge on any atom is -0.338 e. The summed E-state index contributed by atoms with van der Waals surface area (Å²) in [6.07, 6.45) is 13.2. The summed E-state index contributed by atoms with van der Waals surface area (Å²) in [5.41, 5.74) is 3.12. The molecule has 5 heteroatoms. The van der Waals surface area contributed by atoms with Crippen LogP contribution in [0, 0.1) is 0 Å². The highest BCUT2D eigenvalue weighted by molar-refractivity contribution is 8.02. The molecule has 4 aliphatic rings. The van der Waals surface area contributed by atoms with E-state index in [9.17, 15) is 4.79 Å². The summed E-state index contributed by atoms with van der Waals surface area (Å²) in [5.74, 6) is 0.969. The third kappa shape index (κ3) is 2.11. The van der Waals surface area contributed by atoms with Crippen molar-refractivity contribution >= 4 is 23.4 Å². The van der Waals surface area contributed by atoms with Crippen molar-refractivity contribution in [2.45, 2.75) is 11.2 Å². The van der Waals surface area contributed by atoms with Crippen molar-refractivity contribution in [2.75, 3.05) is 31.9 Å². The largest absolute Gasteiger partial charge is 0.338 e. The van der Waals surface area contributed by atoms with Crippen LogP contribution in [0.4, 0.5) is 0 Å². The average Bonchev–Trinajstić information content (AvgIpc) is 2.74. The van der Waals surface area contributed by atoms with Gasteiger partial charge in [0.25, 0.3) is 5.91 Å². The molecule has 1 aliphatic carbocycles. The number of thioether (sulfide) groups is 1. The first-order valence-corrected chi connectivity index (χ1v) is 8.78. The summed E-state index contributed by atoms with van der Waals surface area (Å²) in [6, 6.07) is 0. The van der Waals surface area contributed by atoms with Crippen LogP contribution in [-0.2, 0) is 4.79 Å². The lowest BCUT2D eigenvalue weighted by molar-refractivity contribution is -0.126. The summed E-state index contributed by atoms with van der Waals surface area (Å²) < 4.78 is -0.238. The zero-order chi connectivity index (χ0) is 15.0. The maximum absolute atomic E-state index is 13.0. The number of nitrogens with one attached hydrogen (secondary N) is 1. The Labute approximate surface area is 134 Å². The maximum atomic E-state index is 13.0. The van der Waals surface area contributed by atoms with E-state index in [0.29, 0.717) is 0 Å². The first-order valence-electron chi connectivity index (χ1n) is 7.79. The second kappa shape index (κ2) is 5.56. The van der Waals surface area contributed by atoms with E-state index in [-0.39, 0.29) is 10.7 Å². The summed E-state index contributed by atoms with van der Waals surface area (Å²) >= 11 is 1.81. The molecule has 1 unspecified atom stereocenters. The molecule has 0 aromatic carbocycles. The molecule has 0 aromatic rings. The minimum absolute atomic E-state index is 0.205. The van der Waals surface area contributed by atoms with Gasteiger partial charge in [0.1, 0.15) is 4.75 Å². The number of rotatable bonds is 1. The molecule has 0 bridgehead atoms. The van der Waals surface area contributed by atoms with E-state index in [4.69, 9.17) is 0 Å². The third-order valence-corrected chi connectivity index (χ3v) is 6.04. The highest BCUT2D eigenvalue weighted by Gasteiger charge is 2.46. The van der Waals surface area contributed by atoms with Gasteiger partial charge in [-0.05, 0) is 30.7 Å². The van der Waals surface area contributed by atoms with Gasteiger partial charge in [0.05, 0.1) is 5.71 Å². The monoisotopic (exact) mass is 313 g/mol. The molecular weight excluding hydrogens is 294 g/mol. The van der Waals surface area contributed by atoms with Gasteiger partial charge in [-0.3, -0.25) is 9.79 Å². The maximum Gasteiger partial charge on any atom is 0.251 e. The summed E-state index contributed by atoms with van der Waals surface area (Å²) in [6.45, 7) is 3.53. The van der Waals surface area contributed by atoms with Crippen LogP contribution in [0.5, 0.6) is 0 Å². The zero-order valence-electron chi connectivity index (χ0n) is 12.4. The molecule has 0 radical (unpaired) electrons. The number of amides is 1. The normalized spacial score (nSPS) is 30.0. The molecule has 4 rings (SSSR count). The van der Waals surface area contributed by atoms with Gasteiger partial charge in [0.2, 0.25) is 0 Å². The zero-order valence-corrected chi connectivity index (χ0v) is 13.2. The van der Waals surface area contributed by atoms with Gasteiger partial charge in [-0.15, -0.1) is 11.8 Å². The van der Waals surface area contributed by atoms with E-state index in [0.717, 1.165) is 55.2 Å². The minimum atomic E-state index is -0.238. The summed E-state index contributed by atoms with van der Waals surface area (Å²) in [7, 11) is 0. The molecule has 3 heterocycles. The second-order valence-electron chi connectivity index (χ2n) is 5.86. The Hall–Kier alpha value is -1.59. The number of carbonyl (C=O) groups is 1. The highest BCUT2D eigenvalue weighted by atomic mass is 32.2. The molecule has 1 spiro atoms. The summed E-state index contributed by atoms with van der Waals surface area (Å²) in [4.78, 5) is 19.5. The van der Waals surface area contributed by atoms with Crippen LogP contribution in [-0.4, -0.2) is 53.2 Å². The lowest BCUT2D eigenvalue weighted by Crippen LogP contribution is -2.37. The lowest BCUT2D eigenvalue weighted by atomic mass is 9.85. The molecule has 1 amide bonds. The van der Waals surface area contributed by atoms with Crippen LogP contribution in [0.15, 0.2) is 52.7 Å². The van der Waals surface area contributed by atoms with Crippen molar-refractivity contribution in [1.29, 1.82) is 0 Å². The van der Waals surface area contributed by atoms with Crippen molar-refractivity contribution in [2.24, 2.45) is 4.99 Å². The van der Waals surface area contributed by atoms with Crippen molar-refractivity contribution in [3.05, 3.63) is 47.7 Å². The predicted molar refractivity (Wildman–Crippen MR) is 91.1 cm³/mol. The number of carbonyl (C=O) groups excluding carboxylic acids is 1. The van der Waals surface area contributed by atoms with E-state index in [1.165, 1.54) is 0 Å². The first kappa shape index (κ1) is 14.0. The Morgan fingerprint density at radius 3 is 3.18 bits per heavy atom. The fraction of sp³-hybridized carbons (Fsp3) is 0.412. The molecular formula is C17H19N3OS. The van der Waals surface area contributed by atoms with E-state index >= 15 is 0 Å². The highest BCUT2D eigenvalue weighted by Crippen LogP contribution is 2.48. The number of hydrogen-bond acceptors (Lipinski definition) is 4. The predicted octanol–water partition coefficient (Wildman–Crippen LogP) is 1.68. The Morgan fingerprint density at radius 1 is 1.27 bits per heavy atom. The van der Waals surface area contributed by atoms with Gasteiger partial charge in [0.15, 0.2) is 0 Å². The SMILES string of the molecule is O=C(C1=C2C=CN=C3C=CC=CC32SC1)N1CCCNCC1. The van der Waals surface area contributed by atoms with E-state index in [1.807, 2.05) is 23.3 Å². The fourth-order valence-corrected chi connectivity index (χ4v) is 4.88. The van der Waals surface area contributed by atoms with E-state index in [2.05, 4.69) is 28.5 Å². The Balaban J connectivity index is 1.69. The van der Waals surface area contributed by atoms with Crippen LogP contribution < -0.4 is 5.32 Å². The Morgan fingerprint density at radius 2 is 2.23 bits per heavy atom. The average molecular weight is 313 g/mol. The second-order valence-corrected chi connectivity index (χ2v) is 7.08. The number of aliphatic imine (C=N–C) groups is 1. The molecule has 0 aromatic heterocycles. The lowest BCUT2D eigenvalue weighted by Gasteiger charge is -2.31. The van der Waals surface area contributed by atoms with Crippen molar-refractivity contribution in [1.82, 2.24) is 10.2 Å². The Bertz CT molecular complexity index is 651. The van der Waals surface area contributed by atoms with Gasteiger partial charge in [0, 0.05) is 37.2 Å². The van der Waals surface area contributed by atoms with Gasteiger partial charge in [-0.1, -0.05) is 18.2 Å². The molecule has 1 fully saturated rings. The molecule has 3 aliphatic heterocycles. The molecule has 4 nitrogen and oxygen atoms in total. The van der Waals surface area contributed by atoms with Gasteiger partial charge >= 0.3 is 0 Å². The van der Waals surface area contributed by atoms with Crippen molar-refractivity contribution < 1.29 is 4.79 Å². The van der Waals surface area contributed by atoms with E-state index in [1.54, 1.807) is 11.8 Å². The Kier molecular flexibility index (Phi) is 3.54. The van der Waals surface area contributed by atoms with E-state index < -0.39 is 0 Å². The van der Waals surface area contributed by atoms with Gasteiger partial charge in [-0.25, -0.2) is 0 Å². The number of allylic oxidation sites excluding steroid dienone is 4. The van der Waals surface area contributed by atoms with Crippen LogP contribution in [0.2, 0.25) is 0 Å². The first-order chi connectivity index (χ1) is 10.8. The van der Waals surface area contributed by atoms with Crippen LogP contribution in [0.1, 0.15) is 6.42 Å². The fourth-order valence-electron chi connectivity index (χ4n) is 3.43. The van der Waals surface area contributed by atoms with Crippen LogP contribution in [0.25, 0.3) is 0 Å². The molecule has 1 atom stereocenters. The molecule has 114 valence electrons. The van der Waals surface area contributed by atoms with Gasteiger partial charge in [-0.2, -0.15) is 0 Å². The topological polar surface area (TPSA) is 44.7 Å². The number of hydrogen-bond donors (Lipinski definition) is 1. The van der Waals surface area contributed by atoms with Crippen molar-refractivity contribution in [3.8, 4) is 0 Å². The quantitative estimate of drug-likeness (QED) is 0.801. The molecule has 0 saturated carbocycles. The molecule has 1 N–H and O–H groups in total. The summed E-state index contributed by atoms with van der Waals surface area (Å²) in [5, 5.41) is 3.35. The van der Waals surface area contributed by atoms with Crippen LogP contribution >= 0.6 is 11.8 Å². The smallest absolute Gasteiger partial charge is 0.251 e. The third-order valence-electron chi connectivity index (χ3n) is 4.59. The van der Waals surface area contributed by atoms with Gasteiger partial charge < -0.3 is 10.2 Å². The standard InChI is InChI=1S/C17H19N3OS/c21-16(20-10-3-7-18-9-11-20)13-12-22-17-6-2-1-4-15(17)19-8-5-14(13)17/h1-2,4-6,8,18H,3,7,9-12H2. The number of nitrogens with zero attached hydrogens (tertiary/aromatic N) is 2. The molecule has 22 heavy (non-hydrogen) atoms.